The molecule has 30 heavy (non-hydrogen) atoms. The van der Waals surface area contributed by atoms with Crippen molar-refractivity contribution in [2.75, 3.05) is 6.61 Å². The first-order valence-corrected chi connectivity index (χ1v) is 10.7. The van der Waals surface area contributed by atoms with Gasteiger partial charge in [-0.3, -0.25) is 23.4 Å². The van der Waals surface area contributed by atoms with Gasteiger partial charge < -0.3 is 19.5 Å². The molecule has 0 spiro atoms. The summed E-state index contributed by atoms with van der Waals surface area (Å²) >= 11 is 5.03. The molecule has 2 aromatic rings. The second-order valence-electron chi connectivity index (χ2n) is 7.01. The van der Waals surface area contributed by atoms with Crippen LogP contribution in [0.1, 0.15) is 12.5 Å². The standard InChI is InChI=1S/C17H18FN2O8PS/c1-16(20-7-6-12(21)19-15(20)30)13(22)14(23)17(18,28-16)9-26-29(24)25-8-10-4-2-3-5-11(10)27-29/h2-7,13-14,22-23H,8-9H2,1H3,(H,19,21,30)/t13-,14+,16-,17-,29?/m1/s1. The van der Waals surface area contributed by atoms with Crippen molar-refractivity contribution in [2.45, 2.75) is 37.3 Å². The molecule has 10 nitrogen and oxygen atoms in total. The molecule has 2 aliphatic heterocycles. The third-order valence-corrected chi connectivity index (χ3v) is 6.56. The number of nitrogens with one attached hydrogen (secondary N) is 1. The van der Waals surface area contributed by atoms with Gasteiger partial charge in [0.05, 0.1) is 6.61 Å². The highest BCUT2D eigenvalue weighted by Crippen LogP contribution is 2.56. The maximum absolute atomic E-state index is 15.5. The van der Waals surface area contributed by atoms with Gasteiger partial charge in [-0.2, -0.15) is 0 Å². The average Bonchev–Trinajstić information content (AvgIpc) is 2.87. The Labute approximate surface area is 174 Å². The molecule has 2 aliphatic rings. The zero-order valence-corrected chi connectivity index (χ0v) is 17.3. The van der Waals surface area contributed by atoms with E-state index in [1.807, 2.05) is 0 Å². The van der Waals surface area contributed by atoms with Crippen LogP contribution in [0.2, 0.25) is 0 Å². The number of phosphoric acid groups is 1. The van der Waals surface area contributed by atoms with E-state index >= 15 is 4.39 Å². The third kappa shape index (κ3) is 3.54. The van der Waals surface area contributed by atoms with Crippen LogP contribution in [0.5, 0.6) is 5.75 Å². The number of para-hydroxylation sites is 1. The molecule has 5 atom stereocenters. The molecule has 162 valence electrons. The Balaban J connectivity index is 1.55. The zero-order valence-electron chi connectivity index (χ0n) is 15.6. The number of hydrogen-bond donors (Lipinski definition) is 3. The predicted molar refractivity (Wildman–Crippen MR) is 102 cm³/mol. The predicted octanol–water partition coefficient (Wildman–Crippen LogP) is 1.73. The van der Waals surface area contributed by atoms with Crippen molar-refractivity contribution in [1.82, 2.24) is 9.55 Å². The molecular formula is C17H18FN2O8PS. The minimum absolute atomic E-state index is 0.0803. The van der Waals surface area contributed by atoms with Gasteiger partial charge in [0.15, 0.2) is 10.5 Å². The van der Waals surface area contributed by atoms with Crippen molar-refractivity contribution in [3.05, 3.63) is 57.2 Å². The van der Waals surface area contributed by atoms with Gasteiger partial charge in [-0.05, 0) is 25.2 Å². The number of H-pyrrole nitrogens is 1. The van der Waals surface area contributed by atoms with Crippen molar-refractivity contribution in [1.29, 1.82) is 0 Å². The third-order valence-electron chi connectivity index (χ3n) is 4.95. The summed E-state index contributed by atoms with van der Waals surface area (Å²) in [5.41, 5.74) is -1.77. The molecule has 0 bridgehead atoms. The molecule has 1 saturated heterocycles. The number of aromatic amines is 1. The molecule has 3 N–H and O–H groups in total. The van der Waals surface area contributed by atoms with Gasteiger partial charge in [-0.15, -0.1) is 0 Å². The number of aromatic nitrogens is 2. The molecule has 1 aromatic carbocycles. The number of benzene rings is 1. The van der Waals surface area contributed by atoms with E-state index in [4.69, 9.17) is 30.5 Å². The highest BCUT2D eigenvalue weighted by molar-refractivity contribution is 7.71. The number of aliphatic hydroxyl groups is 2. The average molecular weight is 460 g/mol. The van der Waals surface area contributed by atoms with Crippen molar-refractivity contribution >= 4 is 20.0 Å². The fourth-order valence-electron chi connectivity index (χ4n) is 3.30. The molecule has 13 heteroatoms. The summed E-state index contributed by atoms with van der Waals surface area (Å²) in [7, 11) is -4.20. The first-order chi connectivity index (χ1) is 14.1. The smallest absolute Gasteiger partial charge is 0.404 e. The van der Waals surface area contributed by atoms with Gasteiger partial charge >= 0.3 is 7.82 Å². The van der Waals surface area contributed by atoms with Gasteiger partial charge in [-0.1, -0.05) is 18.2 Å². The maximum Gasteiger partial charge on any atom is 0.530 e. The highest BCUT2D eigenvalue weighted by Gasteiger charge is 2.63. The van der Waals surface area contributed by atoms with E-state index in [-0.39, 0.29) is 17.1 Å². The SMILES string of the molecule is C[C@@]1(n2ccc(=O)[nH]c2=S)O[C@](F)(COP2(=O)OCc3ccccc3O2)[C@@H](O)[C@H]1O. The van der Waals surface area contributed by atoms with Gasteiger partial charge in [0, 0.05) is 17.8 Å². The molecule has 1 fully saturated rings. The number of ether oxygens (including phenoxy) is 1. The summed E-state index contributed by atoms with van der Waals surface area (Å²) < 4.78 is 49.8. The van der Waals surface area contributed by atoms with Crippen molar-refractivity contribution in [3.8, 4) is 5.75 Å². The number of phosphoric ester groups is 1. The van der Waals surface area contributed by atoms with Gasteiger partial charge in [0.1, 0.15) is 24.6 Å². The maximum atomic E-state index is 15.5. The Hall–Kier alpha value is -1.92. The number of nitrogens with zero attached hydrogens (tertiary/aromatic N) is 1. The number of alkyl halides is 1. The summed E-state index contributed by atoms with van der Waals surface area (Å²) in [6, 6.07) is 7.75. The van der Waals surface area contributed by atoms with E-state index in [1.54, 1.807) is 24.3 Å². The lowest BCUT2D eigenvalue weighted by Gasteiger charge is -2.31. The van der Waals surface area contributed by atoms with E-state index in [0.717, 1.165) is 10.6 Å². The monoisotopic (exact) mass is 460 g/mol. The molecule has 0 aliphatic carbocycles. The summed E-state index contributed by atoms with van der Waals surface area (Å²) in [6.45, 7) is 0.113. The molecule has 0 amide bonds. The number of hydrogen-bond acceptors (Lipinski definition) is 9. The quantitative estimate of drug-likeness (QED) is 0.461. The van der Waals surface area contributed by atoms with Crippen LogP contribution in [0.15, 0.2) is 41.3 Å². The van der Waals surface area contributed by atoms with Gasteiger partial charge in [0.25, 0.3) is 11.4 Å². The Morgan fingerprint density at radius 3 is 2.83 bits per heavy atom. The summed E-state index contributed by atoms with van der Waals surface area (Å²) in [6.07, 6.45) is -2.71. The second kappa shape index (κ2) is 7.34. The molecule has 1 unspecified atom stereocenters. The van der Waals surface area contributed by atoms with Crippen LogP contribution in [0, 0.1) is 4.77 Å². The van der Waals surface area contributed by atoms with E-state index in [1.165, 1.54) is 13.1 Å². The van der Waals surface area contributed by atoms with E-state index in [2.05, 4.69) is 4.98 Å². The lowest BCUT2D eigenvalue weighted by Crippen LogP contribution is -2.44. The lowest BCUT2D eigenvalue weighted by molar-refractivity contribution is -0.238. The van der Waals surface area contributed by atoms with E-state index in [9.17, 15) is 19.6 Å². The van der Waals surface area contributed by atoms with E-state index in [0.29, 0.717) is 5.56 Å². The molecule has 1 aromatic heterocycles. The number of fused-ring (bicyclic) bond motifs is 1. The van der Waals surface area contributed by atoms with Crippen molar-refractivity contribution in [2.24, 2.45) is 0 Å². The lowest BCUT2D eigenvalue weighted by atomic mass is 10.0. The van der Waals surface area contributed by atoms with Crippen LogP contribution in [0.3, 0.4) is 0 Å². The van der Waals surface area contributed by atoms with Crippen LogP contribution < -0.4 is 10.1 Å². The Bertz CT molecular complexity index is 1140. The Kier molecular flexibility index (Phi) is 5.22. The fourth-order valence-corrected chi connectivity index (χ4v) is 4.88. The fraction of sp³-hybridized carbons (Fsp3) is 0.412. The Morgan fingerprint density at radius 1 is 1.37 bits per heavy atom. The normalized spacial score (nSPS) is 35.6. The number of aliphatic hydroxyl groups excluding tert-OH is 2. The van der Waals surface area contributed by atoms with Crippen LogP contribution in [0.25, 0.3) is 0 Å². The minimum Gasteiger partial charge on any atom is -0.404 e. The van der Waals surface area contributed by atoms with Crippen LogP contribution >= 0.6 is 20.0 Å². The van der Waals surface area contributed by atoms with Crippen LogP contribution in [0.4, 0.5) is 4.39 Å². The van der Waals surface area contributed by atoms with Crippen LogP contribution in [-0.2, 0) is 30.7 Å². The number of halogens is 1. The first-order valence-electron chi connectivity index (χ1n) is 8.81. The zero-order chi connectivity index (χ0) is 21.7. The number of rotatable bonds is 4. The first kappa shape index (κ1) is 21.3. The van der Waals surface area contributed by atoms with Gasteiger partial charge in [0.2, 0.25) is 0 Å². The molecule has 4 rings (SSSR count). The summed E-state index contributed by atoms with van der Waals surface area (Å²) in [5, 5.41) is 20.8. The van der Waals surface area contributed by atoms with Crippen molar-refractivity contribution in [3.63, 3.8) is 0 Å². The topological polar surface area (TPSA) is 132 Å². The molecular weight excluding hydrogens is 442 g/mol. The Morgan fingerprint density at radius 2 is 2.10 bits per heavy atom. The highest BCUT2D eigenvalue weighted by atomic mass is 32.1. The van der Waals surface area contributed by atoms with Crippen molar-refractivity contribution < 1.29 is 37.5 Å². The largest absolute Gasteiger partial charge is 0.530 e. The summed E-state index contributed by atoms with van der Waals surface area (Å²) in [4.78, 5) is 13.7. The molecule has 0 radical (unpaired) electrons. The second-order valence-corrected chi connectivity index (χ2v) is 8.99. The van der Waals surface area contributed by atoms with Crippen LogP contribution in [-0.4, -0.2) is 44.4 Å². The minimum atomic E-state index is -4.20. The van der Waals surface area contributed by atoms with Gasteiger partial charge in [-0.25, -0.2) is 8.96 Å². The molecule has 3 heterocycles. The molecule has 0 saturated carbocycles. The van der Waals surface area contributed by atoms with E-state index < -0.39 is 43.8 Å². The summed E-state index contributed by atoms with van der Waals surface area (Å²) in [5.74, 6) is -2.72.